The van der Waals surface area contributed by atoms with E-state index in [2.05, 4.69) is 26.2 Å². The summed E-state index contributed by atoms with van der Waals surface area (Å²) < 4.78 is 79.1. The van der Waals surface area contributed by atoms with E-state index in [-0.39, 0.29) is 12.0 Å². The molecule has 3 atom stereocenters. The van der Waals surface area contributed by atoms with Gasteiger partial charge in [-0.25, -0.2) is 0 Å². The molecule has 1 aliphatic heterocycles. The number of halogens is 6. The summed E-state index contributed by atoms with van der Waals surface area (Å²) >= 11 is 0. The summed E-state index contributed by atoms with van der Waals surface area (Å²) in [6.45, 7) is -1.61. The molecule has 254 valence electrons. The van der Waals surface area contributed by atoms with Crippen molar-refractivity contribution in [3.63, 3.8) is 0 Å². The molecule has 2 aromatic rings. The van der Waals surface area contributed by atoms with E-state index in [0.29, 0.717) is 5.56 Å². The fraction of sp³-hybridized carbons (Fsp3) is 0.393. The Hall–Kier alpha value is -5.07. The number of carbonyl (C=O) groups is 5. The van der Waals surface area contributed by atoms with Crippen LogP contribution >= 0.6 is 0 Å². The van der Waals surface area contributed by atoms with Crippen molar-refractivity contribution in [1.29, 1.82) is 0 Å². The minimum absolute atomic E-state index is 0.128. The third-order valence-corrected chi connectivity index (χ3v) is 6.75. The molecule has 13 nitrogen and oxygen atoms in total. The lowest BCUT2D eigenvalue weighted by atomic mass is 10.00. The Balaban J connectivity index is 1.62. The number of nitrogens with zero attached hydrogens (tertiary/aromatic N) is 2. The highest BCUT2D eigenvalue weighted by atomic mass is 19.4. The van der Waals surface area contributed by atoms with E-state index < -0.39 is 97.2 Å². The summed E-state index contributed by atoms with van der Waals surface area (Å²) in [5.41, 5.74) is 2.09. The van der Waals surface area contributed by atoms with Crippen molar-refractivity contribution in [2.45, 2.75) is 55.5 Å². The molecular weight excluding hydrogens is 644 g/mol. The lowest BCUT2D eigenvalue weighted by Crippen LogP contribution is -2.54. The van der Waals surface area contributed by atoms with Gasteiger partial charge in [-0.1, -0.05) is 42.5 Å². The zero-order valence-electron chi connectivity index (χ0n) is 24.2. The number of aliphatic hydroxyl groups excluding tert-OH is 1. The van der Waals surface area contributed by atoms with Gasteiger partial charge in [-0.3, -0.25) is 24.0 Å². The van der Waals surface area contributed by atoms with E-state index in [4.69, 9.17) is 5.73 Å². The van der Waals surface area contributed by atoms with Gasteiger partial charge in [0.15, 0.2) is 6.10 Å². The van der Waals surface area contributed by atoms with Crippen LogP contribution in [-0.4, -0.2) is 78.3 Å². The number of amides is 5. The number of rotatable bonds is 15. The van der Waals surface area contributed by atoms with E-state index in [1.54, 1.807) is 30.3 Å². The second-order valence-corrected chi connectivity index (χ2v) is 10.3. The molecule has 7 N–H and O–H groups in total. The summed E-state index contributed by atoms with van der Waals surface area (Å²) in [5, 5.41) is 24.4. The zero-order chi connectivity index (χ0) is 35.0. The van der Waals surface area contributed by atoms with Gasteiger partial charge >= 0.3 is 18.0 Å². The summed E-state index contributed by atoms with van der Waals surface area (Å²) in [6.07, 6.45) is -14.4. The van der Waals surface area contributed by atoms with Crippen LogP contribution in [0.2, 0.25) is 0 Å². The third kappa shape index (κ3) is 10.2. The smallest absolute Gasteiger partial charge is 0.382 e. The molecule has 0 radical (unpaired) electrons. The maximum Gasteiger partial charge on any atom is 0.442 e. The van der Waals surface area contributed by atoms with Gasteiger partial charge in [0.25, 0.3) is 5.91 Å². The van der Waals surface area contributed by atoms with E-state index in [1.807, 2.05) is 5.32 Å². The highest BCUT2D eigenvalue weighted by molar-refractivity contribution is 5.97. The van der Waals surface area contributed by atoms with Crippen LogP contribution in [-0.2, 0) is 31.3 Å². The summed E-state index contributed by atoms with van der Waals surface area (Å²) in [7, 11) is 0. The Morgan fingerprint density at radius 1 is 0.851 bits per heavy atom. The molecule has 0 aromatic heterocycles. The predicted octanol–water partition coefficient (Wildman–Crippen LogP) is 1.11. The molecule has 0 saturated carbocycles. The highest BCUT2D eigenvalue weighted by Gasteiger charge is 2.65. The highest BCUT2D eigenvalue weighted by Crippen LogP contribution is 2.52. The van der Waals surface area contributed by atoms with Crippen LogP contribution in [0, 0.1) is 0 Å². The number of aliphatic hydroxyl groups is 1. The van der Waals surface area contributed by atoms with Gasteiger partial charge in [0, 0.05) is 24.0 Å². The number of hydrogen-bond acceptors (Lipinski definition) is 8. The van der Waals surface area contributed by atoms with Gasteiger partial charge in [0.2, 0.25) is 23.6 Å². The molecule has 1 heterocycles. The van der Waals surface area contributed by atoms with Gasteiger partial charge in [-0.15, -0.1) is 10.2 Å². The second-order valence-electron chi connectivity index (χ2n) is 10.3. The molecule has 47 heavy (non-hydrogen) atoms. The van der Waals surface area contributed by atoms with Crippen molar-refractivity contribution in [1.82, 2.24) is 21.3 Å². The van der Waals surface area contributed by atoms with Crippen molar-refractivity contribution < 1.29 is 55.4 Å². The van der Waals surface area contributed by atoms with Crippen LogP contribution in [0.4, 0.5) is 26.3 Å². The molecule has 0 saturated heterocycles. The van der Waals surface area contributed by atoms with Crippen LogP contribution < -0.4 is 27.0 Å². The lowest BCUT2D eigenvalue weighted by Gasteiger charge is -2.26. The van der Waals surface area contributed by atoms with Crippen LogP contribution in [0.3, 0.4) is 0 Å². The molecule has 0 bridgehead atoms. The average molecular weight is 674 g/mol. The summed E-state index contributed by atoms with van der Waals surface area (Å²) in [5.74, 6) is -4.91. The van der Waals surface area contributed by atoms with Crippen LogP contribution in [0.15, 0.2) is 64.8 Å². The number of nitrogens with two attached hydrogens (primary N) is 1. The number of carbonyl (C=O) groups excluding carboxylic acids is 5. The van der Waals surface area contributed by atoms with E-state index in [0.717, 1.165) is 12.1 Å². The summed E-state index contributed by atoms with van der Waals surface area (Å²) in [4.78, 5) is 61.6. The first kappa shape index (κ1) is 36.4. The topological polar surface area (TPSA) is 204 Å². The Bertz CT molecular complexity index is 1500. The quantitative estimate of drug-likeness (QED) is 0.153. The number of alkyl halides is 6. The van der Waals surface area contributed by atoms with Crippen molar-refractivity contribution in [2.75, 3.05) is 13.1 Å². The molecule has 3 unspecified atom stereocenters. The SMILES string of the molecule is NC(=O)CCC(NC(=O)CNC(=O)C(Cc1ccccc1)NC(=O)CNC(=O)c1cccc(C2(C(F)(F)F)N=N2)c1)C(O)C(F)(F)F. The lowest BCUT2D eigenvalue weighted by molar-refractivity contribution is -0.212. The van der Waals surface area contributed by atoms with Crippen LogP contribution in [0.5, 0.6) is 0 Å². The minimum Gasteiger partial charge on any atom is -0.382 e. The van der Waals surface area contributed by atoms with Crippen molar-refractivity contribution in [3.8, 4) is 0 Å². The Kier molecular flexibility index (Phi) is 11.6. The monoisotopic (exact) mass is 673 g/mol. The largest absolute Gasteiger partial charge is 0.442 e. The van der Waals surface area contributed by atoms with Gasteiger partial charge in [-0.05, 0) is 24.1 Å². The number of hydrogen-bond donors (Lipinski definition) is 6. The number of nitrogens with one attached hydrogen (secondary N) is 4. The molecule has 5 amide bonds. The molecule has 0 spiro atoms. The van der Waals surface area contributed by atoms with E-state index >= 15 is 0 Å². The molecule has 0 aliphatic carbocycles. The van der Waals surface area contributed by atoms with Gasteiger partial charge in [0.05, 0.1) is 19.1 Å². The van der Waals surface area contributed by atoms with Gasteiger partial charge in [0.1, 0.15) is 6.04 Å². The fourth-order valence-electron chi connectivity index (χ4n) is 4.27. The second kappa shape index (κ2) is 15.0. The van der Waals surface area contributed by atoms with Gasteiger partial charge < -0.3 is 32.1 Å². The molecule has 1 aliphatic rings. The van der Waals surface area contributed by atoms with E-state index in [1.165, 1.54) is 12.1 Å². The number of primary amides is 1. The first-order chi connectivity index (χ1) is 21.9. The standard InChI is InChI=1S/C28H29F6N7O6/c29-27(30,31)23(45)18(9-10-20(35)42)38-21(43)14-37-25(47)19(11-15-5-2-1-3-6-15)39-22(44)13-36-24(46)16-7-4-8-17(12-16)26(40-41-26)28(32,33)34/h1-8,12,18-19,23,45H,9-11,13-14H2,(H2,35,42)(H,36,46)(H,37,47)(H,38,43)(H,39,44). The van der Waals surface area contributed by atoms with Crippen molar-refractivity contribution in [2.24, 2.45) is 16.0 Å². The minimum atomic E-state index is -5.14. The molecule has 3 rings (SSSR count). The van der Waals surface area contributed by atoms with Crippen molar-refractivity contribution >= 4 is 29.5 Å². The Morgan fingerprint density at radius 3 is 2.04 bits per heavy atom. The van der Waals surface area contributed by atoms with Crippen molar-refractivity contribution in [3.05, 3.63) is 71.3 Å². The first-order valence-electron chi connectivity index (χ1n) is 13.8. The summed E-state index contributed by atoms with van der Waals surface area (Å²) in [6, 6.07) is 9.24. The van der Waals surface area contributed by atoms with Gasteiger partial charge in [-0.2, -0.15) is 26.3 Å². The van der Waals surface area contributed by atoms with Crippen LogP contribution in [0.1, 0.15) is 34.3 Å². The Labute approximate surface area is 262 Å². The Morgan fingerprint density at radius 2 is 1.47 bits per heavy atom. The first-order valence-corrected chi connectivity index (χ1v) is 13.8. The average Bonchev–Trinajstić information content (AvgIpc) is 3.83. The molecular formula is C28H29F6N7O6. The normalized spacial score (nSPS) is 15.5. The molecule has 0 fully saturated rings. The maximum absolute atomic E-state index is 13.3. The zero-order valence-corrected chi connectivity index (χ0v) is 24.2. The molecule has 19 heteroatoms. The van der Waals surface area contributed by atoms with Crippen LogP contribution in [0.25, 0.3) is 0 Å². The third-order valence-electron chi connectivity index (χ3n) is 6.75. The number of benzene rings is 2. The fourth-order valence-corrected chi connectivity index (χ4v) is 4.27. The molecule has 2 aromatic carbocycles. The maximum atomic E-state index is 13.3. The van der Waals surface area contributed by atoms with E-state index in [9.17, 15) is 55.4 Å². The predicted molar refractivity (Wildman–Crippen MR) is 149 cm³/mol.